The van der Waals surface area contributed by atoms with Crippen molar-refractivity contribution in [1.29, 1.82) is 0 Å². The Balaban J connectivity index is 1.65. The van der Waals surface area contributed by atoms with Crippen LogP contribution in [0.5, 0.6) is 0 Å². The Morgan fingerprint density at radius 3 is 3.12 bits per heavy atom. The van der Waals surface area contributed by atoms with Crippen molar-refractivity contribution in [2.75, 3.05) is 0 Å². The monoisotopic (exact) mass is 321 g/mol. The van der Waals surface area contributed by atoms with E-state index < -0.39 is 0 Å². The second-order valence-electron chi connectivity index (χ2n) is 7.26. The first-order valence-electron chi connectivity index (χ1n) is 8.46. The number of hydrogen-bond donors (Lipinski definition) is 1. The number of aromatic amines is 1. The Labute approximate surface area is 139 Å². The fourth-order valence-electron chi connectivity index (χ4n) is 4.90. The van der Waals surface area contributed by atoms with Crippen LogP contribution in [0.25, 0.3) is 11.4 Å². The fourth-order valence-corrected chi connectivity index (χ4v) is 4.90. The topological polar surface area (TPSA) is 80.5 Å². The van der Waals surface area contributed by atoms with Gasteiger partial charge in [-0.25, -0.2) is 9.97 Å². The smallest absolute Gasteiger partial charge is 0.143 e. The number of aromatic nitrogens is 5. The summed E-state index contributed by atoms with van der Waals surface area (Å²) >= 11 is 0. The van der Waals surface area contributed by atoms with Gasteiger partial charge in [0.05, 0.1) is 23.3 Å². The van der Waals surface area contributed by atoms with Gasteiger partial charge in [-0.15, -0.1) is 0 Å². The van der Waals surface area contributed by atoms with Crippen molar-refractivity contribution in [1.82, 2.24) is 25.3 Å². The van der Waals surface area contributed by atoms with Gasteiger partial charge in [0.15, 0.2) is 0 Å². The highest BCUT2D eigenvalue weighted by atomic mass is 16.5. The van der Waals surface area contributed by atoms with Gasteiger partial charge in [-0.3, -0.25) is 5.10 Å². The van der Waals surface area contributed by atoms with Crippen molar-refractivity contribution in [2.45, 2.75) is 44.4 Å². The van der Waals surface area contributed by atoms with E-state index in [4.69, 9.17) is 9.62 Å². The molecule has 1 N–H and O–H groups in total. The van der Waals surface area contributed by atoms with E-state index in [1.54, 1.807) is 12.5 Å². The summed E-state index contributed by atoms with van der Waals surface area (Å²) in [6, 6.07) is 1.93. The predicted molar refractivity (Wildman–Crippen MR) is 87.4 cm³/mol. The maximum atomic E-state index is 5.53. The van der Waals surface area contributed by atoms with E-state index in [0.29, 0.717) is 11.8 Å². The zero-order valence-electron chi connectivity index (χ0n) is 13.8. The minimum Gasteiger partial charge on any atom is -0.361 e. The summed E-state index contributed by atoms with van der Waals surface area (Å²) in [4.78, 5) is 8.40. The molecule has 2 aliphatic carbocycles. The zero-order valence-corrected chi connectivity index (χ0v) is 13.8. The van der Waals surface area contributed by atoms with E-state index in [0.717, 1.165) is 36.4 Å². The molecule has 24 heavy (non-hydrogen) atoms. The molecule has 3 aromatic heterocycles. The maximum Gasteiger partial charge on any atom is 0.143 e. The van der Waals surface area contributed by atoms with Crippen LogP contribution >= 0.6 is 0 Å². The molecule has 5 rings (SSSR count). The lowest BCUT2D eigenvalue weighted by atomic mass is 9.57. The van der Waals surface area contributed by atoms with E-state index in [-0.39, 0.29) is 5.41 Å². The summed E-state index contributed by atoms with van der Waals surface area (Å²) in [5.41, 5.74) is 5.67. The van der Waals surface area contributed by atoms with Crippen molar-refractivity contribution in [3.05, 3.63) is 47.4 Å². The lowest BCUT2D eigenvalue weighted by Crippen LogP contribution is -2.44. The van der Waals surface area contributed by atoms with Gasteiger partial charge in [0.1, 0.15) is 12.1 Å². The largest absolute Gasteiger partial charge is 0.361 e. The summed E-state index contributed by atoms with van der Waals surface area (Å²) in [6.07, 6.45) is 8.31. The van der Waals surface area contributed by atoms with Crippen molar-refractivity contribution in [3.8, 4) is 11.4 Å². The fraction of sp³-hybridized carbons (Fsp3) is 0.444. The molecule has 0 spiro atoms. The Bertz CT molecular complexity index is 899. The minimum absolute atomic E-state index is 0.00728. The summed E-state index contributed by atoms with van der Waals surface area (Å²) < 4.78 is 5.53. The molecule has 6 nitrogen and oxygen atoms in total. The van der Waals surface area contributed by atoms with E-state index >= 15 is 0 Å². The molecule has 0 radical (unpaired) electrons. The zero-order chi connectivity index (χ0) is 16.3. The molecule has 0 bridgehead atoms. The Hall–Kier alpha value is -2.50. The Morgan fingerprint density at radius 2 is 2.29 bits per heavy atom. The number of rotatable bonds is 1. The average molecular weight is 321 g/mol. The molecule has 3 heterocycles. The molecule has 0 aromatic carbocycles. The third kappa shape index (κ3) is 1.71. The van der Waals surface area contributed by atoms with E-state index in [1.807, 2.05) is 12.3 Å². The molecule has 0 fully saturated rings. The van der Waals surface area contributed by atoms with Gasteiger partial charge >= 0.3 is 0 Å². The van der Waals surface area contributed by atoms with Crippen LogP contribution in [0.15, 0.2) is 29.3 Å². The van der Waals surface area contributed by atoms with Gasteiger partial charge in [-0.1, -0.05) is 19.0 Å². The average Bonchev–Trinajstić information content (AvgIpc) is 3.22. The van der Waals surface area contributed by atoms with Gasteiger partial charge in [0.2, 0.25) is 0 Å². The summed E-state index contributed by atoms with van der Waals surface area (Å²) in [7, 11) is 0. The molecule has 3 atom stereocenters. The first-order valence-corrected chi connectivity index (χ1v) is 8.46. The van der Waals surface area contributed by atoms with Crippen molar-refractivity contribution in [2.24, 2.45) is 5.92 Å². The molecular weight excluding hydrogens is 302 g/mol. The van der Waals surface area contributed by atoms with Crippen LogP contribution in [0.3, 0.4) is 0 Å². The first kappa shape index (κ1) is 13.9. The van der Waals surface area contributed by atoms with Gasteiger partial charge in [-0.05, 0) is 31.2 Å². The minimum atomic E-state index is 0.00728. The molecule has 0 aliphatic heterocycles. The van der Waals surface area contributed by atoms with Gasteiger partial charge in [0.25, 0.3) is 0 Å². The SMILES string of the molecule is C[C@H]1c2oncc2C[C@@]2(C)c3n[nH]c(-c4ccncn4)c3CC[C@H]12. The van der Waals surface area contributed by atoms with Crippen LogP contribution in [0.1, 0.15) is 48.8 Å². The molecular formula is C18H19N5O. The summed E-state index contributed by atoms with van der Waals surface area (Å²) in [5, 5.41) is 12.0. The third-order valence-corrected chi connectivity index (χ3v) is 6.02. The van der Waals surface area contributed by atoms with E-state index in [9.17, 15) is 0 Å². The van der Waals surface area contributed by atoms with Crippen molar-refractivity contribution < 1.29 is 4.52 Å². The van der Waals surface area contributed by atoms with Crippen LogP contribution in [-0.2, 0) is 18.3 Å². The molecule has 0 saturated carbocycles. The molecule has 2 aliphatic rings. The molecule has 0 saturated heterocycles. The summed E-state index contributed by atoms with van der Waals surface area (Å²) in [5.74, 6) is 1.95. The quantitative estimate of drug-likeness (QED) is 0.745. The number of H-pyrrole nitrogens is 1. The van der Waals surface area contributed by atoms with E-state index in [1.165, 1.54) is 16.8 Å². The number of nitrogens with one attached hydrogen (secondary N) is 1. The molecule has 0 amide bonds. The highest BCUT2D eigenvalue weighted by Gasteiger charge is 2.50. The number of fused-ring (bicyclic) bond motifs is 4. The molecule has 122 valence electrons. The second kappa shape index (κ2) is 4.75. The van der Waals surface area contributed by atoms with Gasteiger partial charge in [-0.2, -0.15) is 5.10 Å². The Morgan fingerprint density at radius 1 is 1.38 bits per heavy atom. The lowest BCUT2D eigenvalue weighted by molar-refractivity contribution is 0.172. The lowest BCUT2D eigenvalue weighted by Gasteiger charge is -2.46. The van der Waals surface area contributed by atoms with Crippen LogP contribution < -0.4 is 0 Å². The first-order chi connectivity index (χ1) is 11.7. The highest BCUT2D eigenvalue weighted by Crippen LogP contribution is 2.54. The normalized spacial score (nSPS) is 28.1. The summed E-state index contributed by atoms with van der Waals surface area (Å²) in [6.45, 7) is 4.60. The van der Waals surface area contributed by atoms with Gasteiger partial charge in [0, 0.05) is 28.7 Å². The number of hydrogen-bond acceptors (Lipinski definition) is 5. The van der Waals surface area contributed by atoms with Crippen molar-refractivity contribution >= 4 is 0 Å². The molecule has 0 unspecified atom stereocenters. The molecule has 6 heteroatoms. The standard InChI is InChI=1S/C18H19N5O/c1-10-13-4-3-12-15(14-5-6-19-9-20-14)22-23-17(12)18(13,2)7-11-8-21-24-16(10)11/h5-6,8-10,13H,3-4,7H2,1-2H3,(H,22,23)/t10-,13-,18-/m1/s1. The van der Waals surface area contributed by atoms with Crippen LogP contribution in [0.4, 0.5) is 0 Å². The molecule has 3 aromatic rings. The van der Waals surface area contributed by atoms with Crippen LogP contribution in [0.2, 0.25) is 0 Å². The van der Waals surface area contributed by atoms with E-state index in [2.05, 4.69) is 34.1 Å². The number of nitrogens with zero attached hydrogens (tertiary/aromatic N) is 4. The second-order valence-corrected chi connectivity index (χ2v) is 7.26. The maximum absolute atomic E-state index is 5.53. The van der Waals surface area contributed by atoms with Gasteiger partial charge < -0.3 is 4.52 Å². The van der Waals surface area contributed by atoms with Crippen LogP contribution in [0, 0.1) is 5.92 Å². The predicted octanol–water partition coefficient (Wildman–Crippen LogP) is 3.03. The third-order valence-electron chi connectivity index (χ3n) is 6.02. The van der Waals surface area contributed by atoms with Crippen molar-refractivity contribution in [3.63, 3.8) is 0 Å². The van der Waals surface area contributed by atoms with Crippen LogP contribution in [-0.4, -0.2) is 25.3 Å². The Kier molecular flexibility index (Phi) is 2.75. The highest BCUT2D eigenvalue weighted by molar-refractivity contribution is 5.61.